The van der Waals surface area contributed by atoms with Crippen LogP contribution in [0.2, 0.25) is 5.02 Å². The van der Waals surface area contributed by atoms with E-state index in [2.05, 4.69) is 20.9 Å². The lowest BCUT2D eigenvalue weighted by molar-refractivity contribution is -0.123. The van der Waals surface area contributed by atoms with E-state index in [0.717, 1.165) is 20.8 Å². The van der Waals surface area contributed by atoms with Gasteiger partial charge in [-0.2, -0.15) is 0 Å². The summed E-state index contributed by atoms with van der Waals surface area (Å²) in [6.45, 7) is 8.40. The van der Waals surface area contributed by atoms with Crippen molar-refractivity contribution >= 4 is 56.4 Å². The Bertz CT molecular complexity index is 1000. The highest BCUT2D eigenvalue weighted by molar-refractivity contribution is 9.10. The number of benzene rings is 2. The first-order valence-corrected chi connectivity index (χ1v) is 11.7. The number of halogens is 2. The number of carbonyl (C=O) groups is 1. The van der Waals surface area contributed by atoms with Gasteiger partial charge < -0.3 is 4.74 Å². The maximum absolute atomic E-state index is 12.9. The van der Waals surface area contributed by atoms with Crippen LogP contribution in [0.3, 0.4) is 0 Å². The van der Waals surface area contributed by atoms with Gasteiger partial charge in [0.05, 0.1) is 9.38 Å². The molecule has 30 heavy (non-hydrogen) atoms. The second-order valence-corrected chi connectivity index (χ2v) is 9.73. The highest BCUT2D eigenvalue weighted by Crippen LogP contribution is 2.35. The summed E-state index contributed by atoms with van der Waals surface area (Å²) in [7, 11) is 0. The highest BCUT2D eigenvalue weighted by Gasteiger charge is 2.35. The lowest BCUT2D eigenvalue weighted by Crippen LogP contribution is -2.35. The van der Waals surface area contributed by atoms with Gasteiger partial charge in [0.15, 0.2) is 5.17 Å². The molecule has 158 valence electrons. The van der Waals surface area contributed by atoms with E-state index in [-0.39, 0.29) is 18.0 Å². The molecule has 0 aromatic heterocycles. The van der Waals surface area contributed by atoms with Gasteiger partial charge in [0.2, 0.25) is 0 Å². The number of amidine groups is 1. The Kier molecular flexibility index (Phi) is 7.66. The molecule has 0 atom stereocenters. The number of hydrogen-bond acceptors (Lipinski definition) is 4. The molecule has 0 spiro atoms. The summed E-state index contributed by atoms with van der Waals surface area (Å²) in [6.07, 6.45) is 1.90. The predicted octanol–water partition coefficient (Wildman–Crippen LogP) is 6.77. The van der Waals surface area contributed by atoms with Gasteiger partial charge >= 0.3 is 0 Å². The Hall–Kier alpha value is -1.76. The van der Waals surface area contributed by atoms with Crippen LogP contribution in [-0.2, 0) is 11.4 Å². The number of aliphatic imine (C=N–C) groups is 1. The molecule has 1 aliphatic rings. The van der Waals surface area contributed by atoms with Gasteiger partial charge in [0.25, 0.3) is 5.91 Å². The Morgan fingerprint density at radius 1 is 1.20 bits per heavy atom. The van der Waals surface area contributed by atoms with E-state index in [9.17, 15) is 4.79 Å². The fourth-order valence-corrected chi connectivity index (χ4v) is 4.83. The van der Waals surface area contributed by atoms with E-state index in [4.69, 9.17) is 16.3 Å². The number of ether oxygens (including phenoxy) is 1. The molecule has 4 nitrogen and oxygen atoms in total. The van der Waals surface area contributed by atoms with Gasteiger partial charge in [-0.05, 0) is 85.2 Å². The van der Waals surface area contributed by atoms with Crippen LogP contribution < -0.4 is 4.74 Å². The van der Waals surface area contributed by atoms with Crippen LogP contribution >= 0.6 is 39.3 Å². The molecule has 1 aliphatic heterocycles. The van der Waals surface area contributed by atoms with Crippen LogP contribution in [0.1, 0.15) is 38.8 Å². The fourth-order valence-electron chi connectivity index (χ4n) is 2.90. The standard InChI is InChI=1S/C23H24BrClN2O2S/c1-14(2)26-23-27(15(3)4)22(28)21(30-23)12-16-9-10-20(18(24)11-16)29-13-17-7-5-6-8-19(17)25/h5-12,14-15H,13H2,1-4H3/b21-12+,26-23?. The molecule has 3 rings (SSSR count). The lowest BCUT2D eigenvalue weighted by atomic mass is 10.2. The average molecular weight is 508 g/mol. The van der Waals surface area contributed by atoms with Crippen LogP contribution in [0.15, 0.2) is 56.8 Å². The fraction of sp³-hybridized carbons (Fsp3) is 0.304. The van der Waals surface area contributed by atoms with Crippen LogP contribution in [0.4, 0.5) is 0 Å². The van der Waals surface area contributed by atoms with Gasteiger partial charge in [-0.3, -0.25) is 14.7 Å². The third-order valence-corrected chi connectivity index (χ3v) is 6.30. The van der Waals surface area contributed by atoms with Gasteiger partial charge in [-0.15, -0.1) is 0 Å². The van der Waals surface area contributed by atoms with Crippen molar-refractivity contribution in [3.8, 4) is 5.75 Å². The topological polar surface area (TPSA) is 41.9 Å². The van der Waals surface area contributed by atoms with E-state index in [1.54, 1.807) is 4.90 Å². The number of hydrogen-bond donors (Lipinski definition) is 0. The summed E-state index contributed by atoms with van der Waals surface area (Å²) < 4.78 is 6.72. The first kappa shape index (κ1) is 22.9. The molecule has 0 saturated carbocycles. The minimum absolute atomic E-state index is 0.00966. The largest absolute Gasteiger partial charge is 0.488 e. The van der Waals surface area contributed by atoms with Crippen molar-refractivity contribution in [3.63, 3.8) is 0 Å². The molecule has 0 radical (unpaired) electrons. The van der Waals surface area contributed by atoms with Crippen molar-refractivity contribution in [2.45, 2.75) is 46.4 Å². The van der Waals surface area contributed by atoms with Crippen LogP contribution in [-0.4, -0.2) is 28.1 Å². The van der Waals surface area contributed by atoms with E-state index in [1.165, 1.54) is 11.8 Å². The maximum Gasteiger partial charge on any atom is 0.266 e. The highest BCUT2D eigenvalue weighted by atomic mass is 79.9. The zero-order chi connectivity index (χ0) is 21.8. The number of amides is 1. The van der Waals surface area contributed by atoms with Crippen molar-refractivity contribution in [2.24, 2.45) is 4.99 Å². The molecular formula is C23H24BrClN2O2S. The molecule has 7 heteroatoms. The second-order valence-electron chi connectivity index (χ2n) is 7.45. The van der Waals surface area contributed by atoms with Crippen molar-refractivity contribution in [1.82, 2.24) is 4.90 Å². The Morgan fingerprint density at radius 3 is 2.57 bits per heavy atom. The summed E-state index contributed by atoms with van der Waals surface area (Å²) in [5, 5.41) is 1.44. The minimum atomic E-state index is -0.00966. The summed E-state index contributed by atoms with van der Waals surface area (Å²) in [5.74, 6) is 0.706. The molecule has 2 aromatic carbocycles. The molecule has 1 fully saturated rings. The molecule has 0 N–H and O–H groups in total. The zero-order valence-electron chi connectivity index (χ0n) is 17.4. The third kappa shape index (κ3) is 5.48. The molecule has 0 bridgehead atoms. The number of carbonyl (C=O) groups excluding carboxylic acids is 1. The first-order valence-electron chi connectivity index (χ1n) is 9.73. The molecule has 0 aliphatic carbocycles. The van der Waals surface area contributed by atoms with E-state index in [1.807, 2.05) is 76.2 Å². The molecular weight excluding hydrogens is 484 g/mol. The minimum Gasteiger partial charge on any atom is -0.488 e. The van der Waals surface area contributed by atoms with Crippen molar-refractivity contribution < 1.29 is 9.53 Å². The molecule has 1 saturated heterocycles. The van der Waals surface area contributed by atoms with Crippen LogP contribution in [0, 0.1) is 0 Å². The molecule has 0 unspecified atom stereocenters. The Labute approximate surface area is 195 Å². The monoisotopic (exact) mass is 506 g/mol. The van der Waals surface area contributed by atoms with Gasteiger partial charge in [0, 0.05) is 22.7 Å². The van der Waals surface area contributed by atoms with Crippen molar-refractivity contribution in [3.05, 3.63) is 68.0 Å². The lowest BCUT2D eigenvalue weighted by Gasteiger charge is -2.20. The zero-order valence-corrected chi connectivity index (χ0v) is 20.5. The summed E-state index contributed by atoms with van der Waals surface area (Å²) in [6, 6.07) is 13.6. The SMILES string of the molecule is CC(C)N=C1S/C(=C/c2ccc(OCc3ccccc3Cl)c(Br)c2)C(=O)N1C(C)C. The van der Waals surface area contributed by atoms with E-state index in [0.29, 0.717) is 22.3 Å². The first-order chi connectivity index (χ1) is 14.3. The number of nitrogens with zero attached hydrogens (tertiary/aromatic N) is 2. The molecule has 1 amide bonds. The normalized spacial score (nSPS) is 17.1. The maximum atomic E-state index is 12.9. The van der Waals surface area contributed by atoms with E-state index >= 15 is 0 Å². The van der Waals surface area contributed by atoms with Gasteiger partial charge in [-0.25, -0.2) is 0 Å². The summed E-state index contributed by atoms with van der Waals surface area (Å²) in [4.78, 5) is 19.9. The van der Waals surface area contributed by atoms with Crippen molar-refractivity contribution in [1.29, 1.82) is 0 Å². The smallest absolute Gasteiger partial charge is 0.266 e. The van der Waals surface area contributed by atoms with E-state index < -0.39 is 0 Å². The third-order valence-electron chi connectivity index (χ3n) is 4.32. The Morgan fingerprint density at radius 2 is 1.93 bits per heavy atom. The molecule has 1 heterocycles. The van der Waals surface area contributed by atoms with Gasteiger partial charge in [-0.1, -0.05) is 35.9 Å². The van der Waals surface area contributed by atoms with Crippen molar-refractivity contribution in [2.75, 3.05) is 0 Å². The summed E-state index contributed by atoms with van der Waals surface area (Å²) >= 11 is 11.2. The number of thioether (sulfide) groups is 1. The summed E-state index contributed by atoms with van der Waals surface area (Å²) in [5.41, 5.74) is 1.84. The predicted molar refractivity (Wildman–Crippen MR) is 130 cm³/mol. The van der Waals surface area contributed by atoms with Gasteiger partial charge in [0.1, 0.15) is 12.4 Å². The quantitative estimate of drug-likeness (QED) is 0.405. The Balaban J connectivity index is 1.78. The average Bonchev–Trinajstić information content (AvgIpc) is 2.96. The number of rotatable bonds is 6. The second kappa shape index (κ2) is 10.0. The van der Waals surface area contributed by atoms with Crippen LogP contribution in [0.25, 0.3) is 6.08 Å². The van der Waals surface area contributed by atoms with Crippen LogP contribution in [0.5, 0.6) is 5.75 Å². The molecule has 2 aromatic rings.